The molecule has 4 rings (SSSR count). The highest BCUT2D eigenvalue weighted by molar-refractivity contribution is 5.79. The maximum absolute atomic E-state index is 12.6. The Morgan fingerprint density at radius 1 is 1.16 bits per heavy atom. The van der Waals surface area contributed by atoms with E-state index in [9.17, 15) is 9.90 Å². The smallest absolute Gasteiger partial charge is 0.410 e. The average molecular weight is 337 g/mol. The summed E-state index contributed by atoms with van der Waals surface area (Å²) in [6, 6.07) is 16.6. The Balaban J connectivity index is 1.55. The predicted octanol–water partition coefficient (Wildman–Crippen LogP) is 3.78. The van der Waals surface area contributed by atoms with Gasteiger partial charge in [-0.05, 0) is 42.0 Å². The van der Waals surface area contributed by atoms with Crippen LogP contribution < -0.4 is 0 Å². The van der Waals surface area contributed by atoms with Crippen LogP contribution in [0.5, 0.6) is 0 Å². The lowest BCUT2D eigenvalue weighted by Gasteiger charge is -2.33. The number of hydrogen-bond donors (Lipinski definition) is 1. The first-order chi connectivity index (χ1) is 12.1. The van der Waals surface area contributed by atoms with Gasteiger partial charge in [0, 0.05) is 12.5 Å². The molecule has 1 atom stereocenters. The Hall–Kier alpha value is -2.33. The fourth-order valence-electron chi connectivity index (χ4n) is 4.17. The van der Waals surface area contributed by atoms with Gasteiger partial charge in [0.25, 0.3) is 0 Å². The molecule has 1 fully saturated rings. The molecule has 1 unspecified atom stereocenters. The lowest BCUT2D eigenvalue weighted by molar-refractivity contribution is 0.0479. The lowest BCUT2D eigenvalue weighted by atomic mass is 9.98. The summed E-state index contributed by atoms with van der Waals surface area (Å²) >= 11 is 0. The fraction of sp³-hybridized carbons (Fsp3) is 0.381. The second kappa shape index (κ2) is 6.19. The maximum atomic E-state index is 12.6. The molecule has 1 aliphatic carbocycles. The lowest BCUT2D eigenvalue weighted by Crippen LogP contribution is -2.48. The molecule has 25 heavy (non-hydrogen) atoms. The number of benzene rings is 2. The molecule has 1 saturated heterocycles. The number of nitrogens with zero attached hydrogens (tertiary/aromatic N) is 1. The van der Waals surface area contributed by atoms with Crippen molar-refractivity contribution in [1.29, 1.82) is 0 Å². The van der Waals surface area contributed by atoms with Gasteiger partial charge in [0.1, 0.15) is 6.61 Å². The van der Waals surface area contributed by atoms with Crippen molar-refractivity contribution >= 4 is 6.09 Å². The van der Waals surface area contributed by atoms with Gasteiger partial charge in [-0.25, -0.2) is 4.79 Å². The summed E-state index contributed by atoms with van der Waals surface area (Å²) in [5.41, 5.74) is 4.37. The number of rotatable bonds is 3. The van der Waals surface area contributed by atoms with Crippen LogP contribution in [-0.4, -0.2) is 41.4 Å². The Bertz CT molecular complexity index is 758. The molecule has 1 N–H and O–H groups in total. The van der Waals surface area contributed by atoms with E-state index in [0.717, 1.165) is 12.8 Å². The van der Waals surface area contributed by atoms with Gasteiger partial charge >= 0.3 is 6.09 Å². The van der Waals surface area contributed by atoms with Crippen molar-refractivity contribution in [2.45, 2.75) is 31.2 Å². The van der Waals surface area contributed by atoms with Gasteiger partial charge in [-0.2, -0.15) is 0 Å². The van der Waals surface area contributed by atoms with E-state index < -0.39 is 5.54 Å². The standard InChI is InChI=1S/C21H23NO3/c1-21(14-23)11-6-12-22(21)20(24)25-13-19-17-9-4-2-7-15(17)16-8-3-5-10-18(16)19/h2-5,7-10,19,23H,6,11-14H2,1H3. The molecule has 0 radical (unpaired) electrons. The number of carbonyl (C=O) groups is 1. The van der Waals surface area contributed by atoms with Crippen molar-refractivity contribution in [2.75, 3.05) is 19.8 Å². The van der Waals surface area contributed by atoms with Crippen LogP contribution in [0, 0.1) is 0 Å². The van der Waals surface area contributed by atoms with E-state index in [2.05, 4.69) is 24.3 Å². The van der Waals surface area contributed by atoms with Gasteiger partial charge in [-0.3, -0.25) is 0 Å². The second-order valence-electron chi connectivity index (χ2n) is 7.21. The van der Waals surface area contributed by atoms with Gasteiger partial charge in [0.15, 0.2) is 0 Å². The minimum Gasteiger partial charge on any atom is -0.448 e. The highest BCUT2D eigenvalue weighted by Gasteiger charge is 2.40. The van der Waals surface area contributed by atoms with Gasteiger partial charge in [-0.1, -0.05) is 48.5 Å². The average Bonchev–Trinajstić information content (AvgIpc) is 3.19. The quantitative estimate of drug-likeness (QED) is 0.927. The Kier molecular flexibility index (Phi) is 4.00. The molecule has 0 aromatic heterocycles. The summed E-state index contributed by atoms with van der Waals surface area (Å²) in [7, 11) is 0. The van der Waals surface area contributed by atoms with E-state index in [1.807, 2.05) is 31.2 Å². The number of likely N-dealkylation sites (tertiary alicyclic amines) is 1. The molecular weight excluding hydrogens is 314 g/mol. The number of amides is 1. The number of aliphatic hydroxyl groups is 1. The van der Waals surface area contributed by atoms with E-state index in [0.29, 0.717) is 13.2 Å². The van der Waals surface area contributed by atoms with Crippen LogP contribution >= 0.6 is 0 Å². The van der Waals surface area contributed by atoms with Gasteiger partial charge in [0.2, 0.25) is 0 Å². The molecule has 130 valence electrons. The van der Waals surface area contributed by atoms with Crippen LogP contribution in [-0.2, 0) is 4.74 Å². The van der Waals surface area contributed by atoms with Crippen LogP contribution in [0.15, 0.2) is 48.5 Å². The molecule has 0 saturated carbocycles. The van der Waals surface area contributed by atoms with Crippen LogP contribution in [0.1, 0.15) is 36.8 Å². The summed E-state index contributed by atoms with van der Waals surface area (Å²) in [5.74, 6) is 0.0688. The predicted molar refractivity (Wildman–Crippen MR) is 96.5 cm³/mol. The normalized spacial score (nSPS) is 21.9. The van der Waals surface area contributed by atoms with Crippen LogP contribution in [0.2, 0.25) is 0 Å². The molecular formula is C21H23NO3. The van der Waals surface area contributed by atoms with Crippen molar-refractivity contribution in [3.63, 3.8) is 0 Å². The molecule has 1 amide bonds. The Labute approximate surface area is 148 Å². The van der Waals surface area contributed by atoms with Crippen molar-refractivity contribution in [1.82, 2.24) is 4.90 Å². The van der Waals surface area contributed by atoms with Crippen LogP contribution in [0.4, 0.5) is 4.79 Å². The summed E-state index contributed by atoms with van der Waals surface area (Å²) in [5, 5.41) is 9.64. The first-order valence-corrected chi connectivity index (χ1v) is 8.87. The van der Waals surface area contributed by atoms with Crippen LogP contribution in [0.25, 0.3) is 11.1 Å². The van der Waals surface area contributed by atoms with Gasteiger partial charge in [0.05, 0.1) is 12.1 Å². The summed E-state index contributed by atoms with van der Waals surface area (Å²) < 4.78 is 5.70. The number of fused-ring (bicyclic) bond motifs is 3. The third-order valence-electron chi connectivity index (χ3n) is 5.65. The van der Waals surface area contributed by atoms with E-state index >= 15 is 0 Å². The largest absolute Gasteiger partial charge is 0.448 e. The van der Waals surface area contributed by atoms with E-state index in [1.165, 1.54) is 22.3 Å². The number of ether oxygens (including phenoxy) is 1. The molecule has 2 aromatic rings. The summed E-state index contributed by atoms with van der Waals surface area (Å²) in [4.78, 5) is 14.3. The topological polar surface area (TPSA) is 49.8 Å². The monoisotopic (exact) mass is 337 g/mol. The van der Waals surface area contributed by atoms with Crippen molar-refractivity contribution in [3.8, 4) is 11.1 Å². The van der Waals surface area contributed by atoms with E-state index in [-0.39, 0.29) is 18.6 Å². The summed E-state index contributed by atoms with van der Waals surface area (Å²) in [6.45, 7) is 2.86. The van der Waals surface area contributed by atoms with Gasteiger partial charge in [-0.15, -0.1) is 0 Å². The zero-order valence-corrected chi connectivity index (χ0v) is 14.4. The van der Waals surface area contributed by atoms with Crippen molar-refractivity contribution < 1.29 is 14.6 Å². The van der Waals surface area contributed by atoms with Crippen molar-refractivity contribution in [3.05, 3.63) is 59.7 Å². The van der Waals surface area contributed by atoms with Gasteiger partial charge < -0.3 is 14.7 Å². The van der Waals surface area contributed by atoms with E-state index in [1.54, 1.807) is 4.90 Å². The molecule has 1 heterocycles. The highest BCUT2D eigenvalue weighted by atomic mass is 16.6. The molecule has 1 aliphatic heterocycles. The molecule has 0 spiro atoms. The minimum atomic E-state index is -0.497. The first kappa shape index (κ1) is 16.2. The number of aliphatic hydroxyl groups excluding tert-OH is 1. The third kappa shape index (κ3) is 2.61. The highest BCUT2D eigenvalue weighted by Crippen LogP contribution is 2.44. The number of carbonyl (C=O) groups excluding carboxylic acids is 1. The fourth-order valence-corrected chi connectivity index (χ4v) is 4.17. The molecule has 2 aromatic carbocycles. The maximum Gasteiger partial charge on any atom is 0.410 e. The third-order valence-corrected chi connectivity index (χ3v) is 5.65. The first-order valence-electron chi connectivity index (χ1n) is 8.87. The molecule has 2 aliphatic rings. The molecule has 4 nitrogen and oxygen atoms in total. The molecule has 4 heteroatoms. The summed E-state index contributed by atoms with van der Waals surface area (Å²) in [6.07, 6.45) is 1.39. The Morgan fingerprint density at radius 3 is 2.36 bits per heavy atom. The second-order valence-corrected chi connectivity index (χ2v) is 7.21. The molecule has 0 bridgehead atoms. The zero-order valence-electron chi connectivity index (χ0n) is 14.4. The Morgan fingerprint density at radius 2 is 1.76 bits per heavy atom. The minimum absolute atomic E-state index is 0.0306. The van der Waals surface area contributed by atoms with E-state index in [4.69, 9.17) is 4.74 Å². The SMILES string of the molecule is CC1(CO)CCCN1C(=O)OCC1c2ccccc2-c2ccccc21. The van der Waals surface area contributed by atoms with Crippen LogP contribution in [0.3, 0.4) is 0 Å². The number of hydrogen-bond acceptors (Lipinski definition) is 3. The van der Waals surface area contributed by atoms with Crippen molar-refractivity contribution in [2.24, 2.45) is 0 Å². The zero-order chi connectivity index (χ0) is 17.4.